The minimum absolute atomic E-state index is 0.178. The highest BCUT2D eigenvalue weighted by Crippen LogP contribution is 2.64. The molecular weight excluding hydrogens is 444 g/mol. The number of carbonyl (C=O) groups excluding carboxylic acids is 2. The number of hydrogen-bond acceptors (Lipinski definition) is 5. The molecule has 2 amide bonds. The average Bonchev–Trinajstić information content (AvgIpc) is 3.39. The number of benzene rings is 2. The topological polar surface area (TPSA) is 76.3 Å². The first-order valence-corrected chi connectivity index (χ1v) is 11.4. The minimum Gasteiger partial charge on any atom is -0.273 e. The summed E-state index contributed by atoms with van der Waals surface area (Å²) in [4.78, 5) is 30.0. The molecule has 1 heterocycles. The highest BCUT2D eigenvalue weighted by molar-refractivity contribution is 7.98. The maximum atomic E-state index is 14.0. The number of pyridine rings is 1. The van der Waals surface area contributed by atoms with Crippen LogP contribution in [0.2, 0.25) is 0 Å². The number of nitrogens with two attached hydrogens (primary N) is 1. The van der Waals surface area contributed by atoms with Crippen molar-refractivity contribution in [1.29, 1.82) is 0 Å². The third-order valence-corrected chi connectivity index (χ3v) is 7.07. The molecular formula is C25H23F2N3O2S. The van der Waals surface area contributed by atoms with Gasteiger partial charge in [-0.1, -0.05) is 50.2 Å². The first kappa shape index (κ1) is 23.1. The number of rotatable bonds is 6. The van der Waals surface area contributed by atoms with Crippen LogP contribution in [0.25, 0.3) is 0 Å². The Labute approximate surface area is 195 Å². The number of hydrazine groups is 1. The van der Waals surface area contributed by atoms with E-state index in [4.69, 9.17) is 5.84 Å². The Balaban J connectivity index is 1.44. The number of nitrogens with zero attached hydrogens (tertiary/aromatic N) is 2. The molecule has 0 spiro atoms. The molecule has 1 aliphatic carbocycles. The first-order chi connectivity index (χ1) is 15.7. The zero-order valence-corrected chi connectivity index (χ0v) is 19.0. The second-order valence-corrected chi connectivity index (χ2v) is 9.61. The number of halogens is 2. The van der Waals surface area contributed by atoms with Crippen molar-refractivity contribution in [3.05, 3.63) is 95.2 Å². The summed E-state index contributed by atoms with van der Waals surface area (Å²) >= 11 is 1.62. The van der Waals surface area contributed by atoms with Crippen molar-refractivity contribution in [3.63, 3.8) is 0 Å². The molecule has 170 valence electrons. The van der Waals surface area contributed by atoms with E-state index in [1.807, 2.05) is 44.2 Å². The normalized spacial score (nSPS) is 18.6. The van der Waals surface area contributed by atoms with Crippen molar-refractivity contribution in [2.75, 3.05) is 0 Å². The van der Waals surface area contributed by atoms with Gasteiger partial charge in [0.25, 0.3) is 5.91 Å². The Kier molecular flexibility index (Phi) is 6.32. The largest absolute Gasteiger partial charge is 0.277 e. The van der Waals surface area contributed by atoms with Gasteiger partial charge in [-0.25, -0.2) is 24.6 Å². The maximum absolute atomic E-state index is 14.0. The number of hydrogen-bond donors (Lipinski definition) is 1. The summed E-state index contributed by atoms with van der Waals surface area (Å²) < 4.78 is 27.1. The summed E-state index contributed by atoms with van der Waals surface area (Å²) in [7, 11) is 0. The summed E-state index contributed by atoms with van der Waals surface area (Å²) in [6.45, 7) is 3.82. The fourth-order valence-corrected chi connectivity index (χ4v) is 4.95. The molecule has 4 rings (SSSR count). The van der Waals surface area contributed by atoms with Gasteiger partial charge in [0.1, 0.15) is 11.6 Å². The molecule has 0 radical (unpaired) electrons. The van der Waals surface area contributed by atoms with Crippen LogP contribution in [-0.4, -0.2) is 21.8 Å². The van der Waals surface area contributed by atoms with Crippen LogP contribution in [0.15, 0.2) is 71.9 Å². The minimum atomic E-state index is -1.07. The SMILES string of the molecule is CC1(C)C(C(=O)N(N)C(=O)c2ccc(F)cc2F)C1c1ccc(SCc2ccccc2)nc1. The second kappa shape index (κ2) is 9.03. The van der Waals surface area contributed by atoms with Gasteiger partial charge in [0, 0.05) is 23.9 Å². The molecule has 1 aliphatic rings. The molecule has 1 saturated carbocycles. The summed E-state index contributed by atoms with van der Waals surface area (Å²) in [5.41, 5.74) is 1.17. The maximum Gasteiger partial charge on any atom is 0.277 e. The molecule has 1 aromatic heterocycles. The van der Waals surface area contributed by atoms with Crippen LogP contribution < -0.4 is 5.84 Å². The van der Waals surface area contributed by atoms with Crippen LogP contribution in [0, 0.1) is 23.0 Å². The molecule has 0 bridgehead atoms. The highest BCUT2D eigenvalue weighted by atomic mass is 32.2. The van der Waals surface area contributed by atoms with Gasteiger partial charge in [0.15, 0.2) is 0 Å². The van der Waals surface area contributed by atoms with E-state index in [1.54, 1.807) is 18.0 Å². The van der Waals surface area contributed by atoms with E-state index in [1.165, 1.54) is 5.56 Å². The van der Waals surface area contributed by atoms with Gasteiger partial charge in [-0.15, -0.1) is 11.8 Å². The van der Waals surface area contributed by atoms with Gasteiger partial charge in [0.2, 0.25) is 5.91 Å². The molecule has 8 heteroatoms. The molecule has 1 fully saturated rings. The molecule has 2 unspecified atom stereocenters. The third kappa shape index (κ3) is 4.67. The fraction of sp³-hybridized carbons (Fsp3) is 0.240. The highest BCUT2D eigenvalue weighted by Gasteiger charge is 2.63. The lowest BCUT2D eigenvalue weighted by atomic mass is 10.1. The summed E-state index contributed by atoms with van der Waals surface area (Å²) in [6.07, 6.45) is 1.75. The number of carbonyl (C=O) groups is 2. The molecule has 0 aliphatic heterocycles. The zero-order valence-electron chi connectivity index (χ0n) is 18.2. The number of thioether (sulfide) groups is 1. The van der Waals surface area contributed by atoms with Crippen molar-refractivity contribution in [1.82, 2.24) is 9.99 Å². The second-order valence-electron chi connectivity index (χ2n) is 8.62. The van der Waals surface area contributed by atoms with Crippen molar-refractivity contribution in [3.8, 4) is 0 Å². The van der Waals surface area contributed by atoms with E-state index in [-0.39, 0.29) is 5.92 Å². The average molecular weight is 468 g/mol. The van der Waals surface area contributed by atoms with Crippen LogP contribution in [0.5, 0.6) is 0 Å². The van der Waals surface area contributed by atoms with Crippen LogP contribution in [0.1, 0.15) is 41.3 Å². The standard InChI is InChI=1S/C25H23F2N3O2S/c1-25(2)21(16-8-11-20(29-13-16)33-14-15-6-4-3-5-7-15)22(25)24(32)30(28)23(31)18-10-9-17(26)12-19(18)27/h3-13,21-22H,14,28H2,1-2H3. The molecule has 2 N–H and O–H groups in total. The lowest BCUT2D eigenvalue weighted by Gasteiger charge is -2.16. The zero-order chi connectivity index (χ0) is 23.8. The van der Waals surface area contributed by atoms with Crippen molar-refractivity contribution in [2.45, 2.75) is 30.5 Å². The fourth-order valence-electron chi connectivity index (χ4n) is 4.16. The predicted octanol–water partition coefficient (Wildman–Crippen LogP) is 4.93. The van der Waals surface area contributed by atoms with E-state index in [2.05, 4.69) is 17.1 Å². The van der Waals surface area contributed by atoms with E-state index in [0.29, 0.717) is 11.1 Å². The number of amides is 2. The smallest absolute Gasteiger partial charge is 0.273 e. The molecule has 3 aromatic rings. The van der Waals surface area contributed by atoms with Gasteiger partial charge >= 0.3 is 0 Å². The molecule has 5 nitrogen and oxygen atoms in total. The Bertz CT molecular complexity index is 1190. The lowest BCUT2D eigenvalue weighted by molar-refractivity contribution is -0.131. The van der Waals surface area contributed by atoms with Gasteiger partial charge in [-0.3, -0.25) is 9.59 Å². The summed E-state index contributed by atoms with van der Waals surface area (Å²) in [5.74, 6) is 2.34. The lowest BCUT2D eigenvalue weighted by Crippen LogP contribution is -2.44. The van der Waals surface area contributed by atoms with Crippen LogP contribution >= 0.6 is 11.8 Å². The van der Waals surface area contributed by atoms with Crippen molar-refractivity contribution < 1.29 is 18.4 Å². The van der Waals surface area contributed by atoms with E-state index in [0.717, 1.165) is 28.5 Å². The molecule has 0 saturated heterocycles. The van der Waals surface area contributed by atoms with Crippen LogP contribution in [-0.2, 0) is 10.5 Å². The molecule has 2 atom stereocenters. The Morgan fingerprint density at radius 3 is 2.45 bits per heavy atom. The van der Waals surface area contributed by atoms with Gasteiger partial charge in [-0.05, 0) is 34.7 Å². The Morgan fingerprint density at radius 1 is 1.09 bits per heavy atom. The van der Waals surface area contributed by atoms with E-state index < -0.39 is 40.3 Å². The van der Waals surface area contributed by atoms with E-state index >= 15 is 0 Å². The monoisotopic (exact) mass is 467 g/mol. The Morgan fingerprint density at radius 2 is 1.82 bits per heavy atom. The van der Waals surface area contributed by atoms with Gasteiger partial charge < -0.3 is 0 Å². The summed E-state index contributed by atoms with van der Waals surface area (Å²) in [6, 6.07) is 16.4. The summed E-state index contributed by atoms with van der Waals surface area (Å²) in [5, 5.41) is 1.30. The van der Waals surface area contributed by atoms with Crippen LogP contribution in [0.4, 0.5) is 8.78 Å². The van der Waals surface area contributed by atoms with Gasteiger partial charge in [0.05, 0.1) is 16.5 Å². The van der Waals surface area contributed by atoms with Crippen LogP contribution in [0.3, 0.4) is 0 Å². The first-order valence-electron chi connectivity index (χ1n) is 10.4. The number of aromatic nitrogens is 1. The molecule has 33 heavy (non-hydrogen) atoms. The van der Waals surface area contributed by atoms with Gasteiger partial charge in [-0.2, -0.15) is 0 Å². The third-order valence-electron chi connectivity index (χ3n) is 6.06. The van der Waals surface area contributed by atoms with Crippen molar-refractivity contribution >= 4 is 23.6 Å². The molecule has 2 aromatic carbocycles. The predicted molar refractivity (Wildman–Crippen MR) is 122 cm³/mol. The van der Waals surface area contributed by atoms with E-state index in [9.17, 15) is 18.4 Å². The Hall–Kier alpha value is -3.10. The quantitative estimate of drug-likeness (QED) is 0.183. The van der Waals surface area contributed by atoms with Crippen molar-refractivity contribution in [2.24, 2.45) is 17.2 Å². The number of imide groups is 1.